The summed E-state index contributed by atoms with van der Waals surface area (Å²) in [4.78, 5) is 38.3. The normalized spacial score (nSPS) is 14.2. The first-order valence-corrected chi connectivity index (χ1v) is 10.5. The minimum Gasteiger partial charge on any atom is -0.352 e. The number of para-hydroxylation sites is 1. The second-order valence-electron chi connectivity index (χ2n) is 7.78. The molecule has 1 saturated heterocycles. The van der Waals surface area contributed by atoms with Crippen molar-refractivity contribution in [2.75, 3.05) is 36.0 Å². The second-order valence-corrected chi connectivity index (χ2v) is 7.78. The number of nitrogens with zero attached hydrogens (tertiary/aromatic N) is 7. The summed E-state index contributed by atoms with van der Waals surface area (Å²) < 4.78 is 3.06. The Hall–Kier alpha value is -4.01. The average Bonchev–Trinajstić information content (AvgIpc) is 2.84. The van der Waals surface area contributed by atoms with Gasteiger partial charge in [-0.1, -0.05) is 18.2 Å². The van der Waals surface area contributed by atoms with E-state index in [1.54, 1.807) is 36.0 Å². The molecule has 1 aliphatic heterocycles. The number of hydrogen-bond acceptors (Lipinski definition) is 7. The smallest absolute Gasteiger partial charge is 0.267 e. The van der Waals surface area contributed by atoms with Crippen LogP contribution >= 0.6 is 0 Å². The third kappa shape index (κ3) is 3.73. The Bertz CT molecular complexity index is 1370. The number of aromatic nitrogens is 5. The zero-order valence-corrected chi connectivity index (χ0v) is 17.8. The highest BCUT2D eigenvalue weighted by Gasteiger charge is 2.22. The molecule has 9 nitrogen and oxygen atoms in total. The highest BCUT2D eigenvalue weighted by molar-refractivity contribution is 5.78. The standard InChI is InChI=1S/C23H23N7O2/c1-27-22(32)18-7-2-3-8-19(18)25-23(27)29-14-12-28(13-15-29)20-9-10-21(31)30(26-20)16-17-6-4-5-11-24-17/h2-11H,12-16H2,1H3. The molecular formula is C23H23N7O2. The molecule has 0 radical (unpaired) electrons. The topological polar surface area (TPSA) is 89.2 Å². The van der Waals surface area contributed by atoms with Crippen LogP contribution in [0.15, 0.2) is 70.4 Å². The molecule has 1 aliphatic rings. The Morgan fingerprint density at radius 3 is 2.41 bits per heavy atom. The van der Waals surface area contributed by atoms with E-state index in [-0.39, 0.29) is 11.1 Å². The highest BCUT2D eigenvalue weighted by atomic mass is 16.1. The maximum Gasteiger partial charge on any atom is 0.267 e. The van der Waals surface area contributed by atoms with E-state index in [4.69, 9.17) is 4.98 Å². The fraction of sp³-hybridized carbons (Fsp3) is 0.261. The molecule has 0 N–H and O–H groups in total. The Labute approximate surface area is 184 Å². The van der Waals surface area contributed by atoms with E-state index in [2.05, 4.69) is 19.9 Å². The lowest BCUT2D eigenvalue weighted by Crippen LogP contribution is -2.49. The van der Waals surface area contributed by atoms with E-state index in [1.807, 2.05) is 36.4 Å². The summed E-state index contributed by atoms with van der Waals surface area (Å²) in [6, 6.07) is 16.3. The lowest BCUT2D eigenvalue weighted by molar-refractivity contribution is 0.586. The number of pyridine rings is 1. The maximum atomic E-state index is 12.7. The molecule has 0 saturated carbocycles. The monoisotopic (exact) mass is 429 g/mol. The molecule has 0 amide bonds. The van der Waals surface area contributed by atoms with Crippen molar-refractivity contribution in [1.82, 2.24) is 24.3 Å². The number of anilines is 2. The van der Waals surface area contributed by atoms with Gasteiger partial charge in [-0.3, -0.25) is 19.1 Å². The minimum atomic E-state index is -0.159. The summed E-state index contributed by atoms with van der Waals surface area (Å²) in [5.41, 5.74) is 1.29. The van der Waals surface area contributed by atoms with Crippen LogP contribution in [0.5, 0.6) is 0 Å². The van der Waals surface area contributed by atoms with Gasteiger partial charge in [-0.15, -0.1) is 0 Å². The van der Waals surface area contributed by atoms with Crippen molar-refractivity contribution < 1.29 is 0 Å². The third-order valence-electron chi connectivity index (χ3n) is 5.74. The molecule has 0 unspecified atom stereocenters. The predicted octanol–water partition coefficient (Wildman–Crippen LogP) is 1.26. The molecule has 162 valence electrons. The number of rotatable bonds is 4. The lowest BCUT2D eigenvalue weighted by Gasteiger charge is -2.36. The van der Waals surface area contributed by atoms with Crippen LogP contribution in [-0.4, -0.2) is 50.5 Å². The summed E-state index contributed by atoms with van der Waals surface area (Å²) in [6.07, 6.45) is 1.71. The van der Waals surface area contributed by atoms with Crippen LogP contribution < -0.4 is 20.9 Å². The van der Waals surface area contributed by atoms with Gasteiger partial charge in [0.25, 0.3) is 11.1 Å². The second kappa shape index (κ2) is 8.26. The van der Waals surface area contributed by atoms with Crippen molar-refractivity contribution in [3.8, 4) is 0 Å². The van der Waals surface area contributed by atoms with Crippen molar-refractivity contribution in [3.05, 3.63) is 87.2 Å². The van der Waals surface area contributed by atoms with Gasteiger partial charge in [0.1, 0.15) is 5.82 Å². The molecule has 3 aromatic heterocycles. The molecule has 4 heterocycles. The molecule has 0 atom stereocenters. The molecule has 0 bridgehead atoms. The molecule has 9 heteroatoms. The fourth-order valence-electron chi connectivity index (χ4n) is 3.99. The fourth-order valence-corrected chi connectivity index (χ4v) is 3.99. The number of hydrogen-bond donors (Lipinski definition) is 0. The molecule has 4 aromatic rings. The van der Waals surface area contributed by atoms with Gasteiger partial charge in [0.05, 0.1) is 23.1 Å². The van der Waals surface area contributed by atoms with Gasteiger partial charge in [0, 0.05) is 45.5 Å². The van der Waals surface area contributed by atoms with E-state index in [9.17, 15) is 9.59 Å². The van der Waals surface area contributed by atoms with Gasteiger partial charge in [-0.2, -0.15) is 5.10 Å². The minimum absolute atomic E-state index is 0.0451. The predicted molar refractivity (Wildman–Crippen MR) is 123 cm³/mol. The lowest BCUT2D eigenvalue weighted by atomic mass is 10.2. The summed E-state index contributed by atoms with van der Waals surface area (Å²) >= 11 is 0. The van der Waals surface area contributed by atoms with Crippen LogP contribution in [0.2, 0.25) is 0 Å². The van der Waals surface area contributed by atoms with Crippen LogP contribution in [0.25, 0.3) is 10.9 Å². The summed E-state index contributed by atoms with van der Waals surface area (Å²) in [5, 5.41) is 5.18. The molecule has 0 spiro atoms. The molecule has 32 heavy (non-hydrogen) atoms. The zero-order chi connectivity index (χ0) is 22.1. The van der Waals surface area contributed by atoms with Crippen LogP contribution in [0.3, 0.4) is 0 Å². The first-order valence-electron chi connectivity index (χ1n) is 10.5. The van der Waals surface area contributed by atoms with Crippen molar-refractivity contribution in [3.63, 3.8) is 0 Å². The number of benzene rings is 1. The molecule has 5 rings (SSSR count). The SMILES string of the molecule is Cn1c(N2CCN(c3ccc(=O)n(Cc4ccccn4)n3)CC2)nc2ccccc2c1=O. The zero-order valence-electron chi connectivity index (χ0n) is 17.8. The number of fused-ring (bicyclic) bond motifs is 1. The van der Waals surface area contributed by atoms with Gasteiger partial charge in [-0.05, 0) is 30.3 Å². The molecule has 1 fully saturated rings. The van der Waals surface area contributed by atoms with Crippen LogP contribution in [0.1, 0.15) is 5.69 Å². The summed E-state index contributed by atoms with van der Waals surface area (Å²) in [5.74, 6) is 1.42. The molecule has 1 aromatic carbocycles. The summed E-state index contributed by atoms with van der Waals surface area (Å²) in [7, 11) is 1.76. The van der Waals surface area contributed by atoms with E-state index < -0.39 is 0 Å². The van der Waals surface area contributed by atoms with Gasteiger partial charge < -0.3 is 9.80 Å². The Morgan fingerprint density at radius 1 is 0.875 bits per heavy atom. The van der Waals surface area contributed by atoms with Crippen LogP contribution in [-0.2, 0) is 13.6 Å². The largest absolute Gasteiger partial charge is 0.352 e. The van der Waals surface area contributed by atoms with E-state index in [1.165, 1.54) is 4.68 Å². The van der Waals surface area contributed by atoms with Crippen molar-refractivity contribution in [2.45, 2.75) is 6.54 Å². The average molecular weight is 429 g/mol. The van der Waals surface area contributed by atoms with Crippen molar-refractivity contribution >= 4 is 22.7 Å². The first-order chi connectivity index (χ1) is 15.6. The highest BCUT2D eigenvalue weighted by Crippen LogP contribution is 2.18. The maximum absolute atomic E-state index is 12.7. The molecular weight excluding hydrogens is 406 g/mol. The van der Waals surface area contributed by atoms with Gasteiger partial charge in [0.2, 0.25) is 5.95 Å². The number of piperazine rings is 1. The van der Waals surface area contributed by atoms with Crippen LogP contribution in [0, 0.1) is 0 Å². The third-order valence-corrected chi connectivity index (χ3v) is 5.74. The van der Waals surface area contributed by atoms with Crippen molar-refractivity contribution in [2.24, 2.45) is 7.05 Å². The first kappa shape index (κ1) is 19.9. The Kier molecular flexibility index (Phi) is 5.14. The quantitative estimate of drug-likeness (QED) is 0.483. The Morgan fingerprint density at radius 2 is 1.62 bits per heavy atom. The van der Waals surface area contributed by atoms with Gasteiger partial charge in [-0.25, -0.2) is 9.67 Å². The molecule has 0 aliphatic carbocycles. The van der Waals surface area contributed by atoms with Crippen molar-refractivity contribution in [1.29, 1.82) is 0 Å². The van der Waals surface area contributed by atoms with Gasteiger partial charge >= 0.3 is 0 Å². The van der Waals surface area contributed by atoms with Crippen LogP contribution in [0.4, 0.5) is 11.8 Å². The summed E-state index contributed by atoms with van der Waals surface area (Å²) in [6.45, 7) is 3.13. The van der Waals surface area contributed by atoms with E-state index in [0.29, 0.717) is 49.6 Å². The van der Waals surface area contributed by atoms with Gasteiger partial charge in [0.15, 0.2) is 0 Å². The Balaban J connectivity index is 1.35. The van der Waals surface area contributed by atoms with E-state index >= 15 is 0 Å². The van der Waals surface area contributed by atoms with E-state index in [0.717, 1.165) is 11.5 Å².